The van der Waals surface area contributed by atoms with Gasteiger partial charge in [0.15, 0.2) is 5.75 Å². The molecule has 0 spiro atoms. The van der Waals surface area contributed by atoms with Crippen LogP contribution in [0.25, 0.3) is 5.69 Å². The predicted molar refractivity (Wildman–Crippen MR) is 67.7 cm³/mol. The van der Waals surface area contributed by atoms with Crippen molar-refractivity contribution >= 4 is 11.6 Å². The lowest BCUT2D eigenvalue weighted by molar-refractivity contribution is 0.313. The normalized spacial score (nSPS) is 10.5. The van der Waals surface area contributed by atoms with E-state index < -0.39 is 0 Å². The number of halogens is 1. The molecule has 0 saturated carbocycles. The van der Waals surface area contributed by atoms with Crippen LogP contribution >= 0.6 is 11.6 Å². The molecule has 4 nitrogen and oxygen atoms in total. The van der Waals surface area contributed by atoms with Crippen molar-refractivity contribution in [1.82, 2.24) is 9.78 Å². The monoisotopic (exact) mass is 251 g/mol. The van der Waals surface area contributed by atoms with Gasteiger partial charge in [-0.2, -0.15) is 5.10 Å². The number of ether oxygens (including phenoxy) is 1. The number of aromatic nitrogens is 2. The van der Waals surface area contributed by atoms with Gasteiger partial charge < -0.3 is 10.5 Å². The topological polar surface area (TPSA) is 53.1 Å². The van der Waals surface area contributed by atoms with Gasteiger partial charge in [-0.1, -0.05) is 17.7 Å². The number of nitrogens with zero attached hydrogens (tertiary/aromatic N) is 2. The number of rotatable bonds is 5. The van der Waals surface area contributed by atoms with Crippen molar-refractivity contribution in [2.45, 2.75) is 6.42 Å². The van der Waals surface area contributed by atoms with Gasteiger partial charge >= 0.3 is 0 Å². The van der Waals surface area contributed by atoms with Crippen LogP contribution in [0.2, 0.25) is 5.02 Å². The first-order chi connectivity index (χ1) is 8.29. The second-order valence-electron chi connectivity index (χ2n) is 3.59. The van der Waals surface area contributed by atoms with Crippen LogP contribution < -0.4 is 10.5 Å². The molecule has 0 aliphatic rings. The quantitative estimate of drug-likeness (QED) is 0.830. The fourth-order valence-corrected chi connectivity index (χ4v) is 1.60. The first-order valence-corrected chi connectivity index (χ1v) is 5.81. The Morgan fingerprint density at radius 2 is 2.29 bits per heavy atom. The van der Waals surface area contributed by atoms with E-state index in [1.165, 1.54) is 0 Å². The SMILES string of the molecule is NCCCOc1cnn(-c2cccc(Cl)c2)c1. The molecule has 90 valence electrons. The Bertz CT molecular complexity index is 484. The summed E-state index contributed by atoms with van der Waals surface area (Å²) in [4.78, 5) is 0. The van der Waals surface area contributed by atoms with E-state index in [0.29, 0.717) is 18.2 Å². The van der Waals surface area contributed by atoms with E-state index in [2.05, 4.69) is 5.10 Å². The van der Waals surface area contributed by atoms with Gasteiger partial charge in [0, 0.05) is 5.02 Å². The predicted octanol–water partition coefficient (Wildman–Crippen LogP) is 2.25. The van der Waals surface area contributed by atoms with Gasteiger partial charge in [0.05, 0.1) is 24.7 Å². The lowest BCUT2D eigenvalue weighted by atomic mass is 10.3. The van der Waals surface area contributed by atoms with Crippen molar-refractivity contribution in [2.75, 3.05) is 13.2 Å². The van der Waals surface area contributed by atoms with E-state index >= 15 is 0 Å². The third kappa shape index (κ3) is 3.22. The molecule has 0 aliphatic heterocycles. The maximum Gasteiger partial charge on any atom is 0.157 e. The Morgan fingerprint density at radius 3 is 3.06 bits per heavy atom. The van der Waals surface area contributed by atoms with Gasteiger partial charge in [-0.3, -0.25) is 0 Å². The fourth-order valence-electron chi connectivity index (χ4n) is 1.41. The molecule has 0 bridgehead atoms. The minimum atomic E-state index is 0.609. The Morgan fingerprint density at radius 1 is 1.41 bits per heavy atom. The molecule has 0 radical (unpaired) electrons. The molecule has 2 rings (SSSR count). The Balaban J connectivity index is 2.07. The van der Waals surface area contributed by atoms with Gasteiger partial charge in [-0.25, -0.2) is 4.68 Å². The van der Waals surface area contributed by atoms with E-state index in [-0.39, 0.29) is 0 Å². The maximum absolute atomic E-state index is 5.92. The standard InChI is InChI=1S/C12H14ClN3O/c13-10-3-1-4-11(7-10)16-9-12(8-15-16)17-6-2-5-14/h1,3-4,7-9H,2,5-6,14H2. The summed E-state index contributed by atoms with van der Waals surface area (Å²) >= 11 is 5.92. The molecular formula is C12H14ClN3O. The lowest BCUT2D eigenvalue weighted by Crippen LogP contribution is -2.05. The van der Waals surface area contributed by atoms with Crippen molar-refractivity contribution in [3.63, 3.8) is 0 Å². The number of benzene rings is 1. The molecule has 0 atom stereocenters. The minimum Gasteiger partial charge on any atom is -0.490 e. The molecule has 2 N–H and O–H groups in total. The van der Waals surface area contributed by atoms with Gasteiger partial charge in [-0.05, 0) is 31.2 Å². The largest absolute Gasteiger partial charge is 0.490 e. The van der Waals surface area contributed by atoms with Crippen LogP contribution in [0.3, 0.4) is 0 Å². The number of hydrogen-bond donors (Lipinski definition) is 1. The molecule has 0 fully saturated rings. The molecular weight excluding hydrogens is 238 g/mol. The summed E-state index contributed by atoms with van der Waals surface area (Å²) in [5.74, 6) is 0.735. The van der Waals surface area contributed by atoms with Crippen molar-refractivity contribution in [3.05, 3.63) is 41.7 Å². The molecule has 5 heteroatoms. The smallest absolute Gasteiger partial charge is 0.157 e. The zero-order valence-electron chi connectivity index (χ0n) is 9.34. The van der Waals surface area contributed by atoms with Gasteiger partial charge in [0.2, 0.25) is 0 Å². The number of nitrogens with two attached hydrogens (primary N) is 1. The summed E-state index contributed by atoms with van der Waals surface area (Å²) in [6, 6.07) is 7.49. The summed E-state index contributed by atoms with van der Waals surface area (Å²) in [5.41, 5.74) is 6.30. The molecule has 0 amide bonds. The third-order valence-corrected chi connectivity index (χ3v) is 2.48. The Labute approximate surface area is 105 Å². The van der Waals surface area contributed by atoms with E-state index in [9.17, 15) is 0 Å². The summed E-state index contributed by atoms with van der Waals surface area (Å²) in [5, 5.41) is 4.89. The first kappa shape index (κ1) is 12.0. The maximum atomic E-state index is 5.92. The van der Waals surface area contributed by atoms with Crippen molar-refractivity contribution in [2.24, 2.45) is 5.73 Å². The van der Waals surface area contributed by atoms with E-state index in [0.717, 1.165) is 17.9 Å². The summed E-state index contributed by atoms with van der Waals surface area (Å²) < 4.78 is 7.21. The van der Waals surface area contributed by atoms with E-state index in [1.807, 2.05) is 30.5 Å². The van der Waals surface area contributed by atoms with Crippen LogP contribution in [-0.2, 0) is 0 Å². The zero-order valence-corrected chi connectivity index (χ0v) is 10.1. The molecule has 2 aromatic rings. The highest BCUT2D eigenvalue weighted by Gasteiger charge is 2.02. The second kappa shape index (κ2) is 5.70. The van der Waals surface area contributed by atoms with Crippen LogP contribution in [0.1, 0.15) is 6.42 Å². The number of hydrogen-bond acceptors (Lipinski definition) is 3. The van der Waals surface area contributed by atoms with Crippen LogP contribution in [0.15, 0.2) is 36.7 Å². The van der Waals surface area contributed by atoms with Gasteiger partial charge in [-0.15, -0.1) is 0 Å². The molecule has 0 saturated heterocycles. The zero-order chi connectivity index (χ0) is 12.1. The molecule has 1 heterocycles. The molecule has 1 aromatic heterocycles. The minimum absolute atomic E-state index is 0.609. The molecule has 1 aromatic carbocycles. The molecule has 0 unspecified atom stereocenters. The van der Waals surface area contributed by atoms with Crippen molar-refractivity contribution < 1.29 is 4.74 Å². The highest BCUT2D eigenvalue weighted by atomic mass is 35.5. The van der Waals surface area contributed by atoms with E-state index in [4.69, 9.17) is 22.1 Å². The van der Waals surface area contributed by atoms with Crippen LogP contribution in [0.4, 0.5) is 0 Å². The average molecular weight is 252 g/mol. The van der Waals surface area contributed by atoms with Crippen molar-refractivity contribution in [1.29, 1.82) is 0 Å². The lowest BCUT2D eigenvalue weighted by Gasteiger charge is -2.02. The van der Waals surface area contributed by atoms with Gasteiger partial charge in [0.25, 0.3) is 0 Å². The summed E-state index contributed by atoms with van der Waals surface area (Å²) in [6.45, 7) is 1.24. The van der Waals surface area contributed by atoms with Gasteiger partial charge in [0.1, 0.15) is 0 Å². The Hall–Kier alpha value is -1.52. The summed E-state index contributed by atoms with van der Waals surface area (Å²) in [6.07, 6.45) is 4.34. The van der Waals surface area contributed by atoms with Crippen molar-refractivity contribution in [3.8, 4) is 11.4 Å². The third-order valence-electron chi connectivity index (χ3n) is 2.25. The molecule has 0 aliphatic carbocycles. The second-order valence-corrected chi connectivity index (χ2v) is 4.03. The van der Waals surface area contributed by atoms with Crippen LogP contribution in [-0.4, -0.2) is 22.9 Å². The average Bonchev–Trinajstić information content (AvgIpc) is 2.78. The van der Waals surface area contributed by atoms with E-state index in [1.54, 1.807) is 10.9 Å². The summed E-state index contributed by atoms with van der Waals surface area (Å²) in [7, 11) is 0. The fraction of sp³-hybridized carbons (Fsp3) is 0.250. The highest BCUT2D eigenvalue weighted by Crippen LogP contribution is 2.17. The molecule has 17 heavy (non-hydrogen) atoms. The first-order valence-electron chi connectivity index (χ1n) is 5.43. The van der Waals surface area contributed by atoms with Crippen LogP contribution in [0, 0.1) is 0 Å². The highest BCUT2D eigenvalue weighted by molar-refractivity contribution is 6.30. The Kier molecular flexibility index (Phi) is 4.01. The van der Waals surface area contributed by atoms with Crippen LogP contribution in [0.5, 0.6) is 5.75 Å².